The Morgan fingerprint density at radius 2 is 2.10 bits per heavy atom. The number of benzene rings is 1. The van der Waals surface area contributed by atoms with Crippen molar-refractivity contribution in [1.29, 1.82) is 0 Å². The zero-order chi connectivity index (χ0) is 15.4. The van der Waals surface area contributed by atoms with E-state index >= 15 is 0 Å². The van der Waals surface area contributed by atoms with E-state index in [1.807, 2.05) is 30.5 Å². The molecular weight excluding hydrogens is 268 g/mol. The second-order valence-corrected chi connectivity index (χ2v) is 5.00. The average Bonchev–Trinajstić information content (AvgIpc) is 2.48. The number of methoxy groups -OCH3 is 1. The number of para-hydroxylation sites is 1. The van der Waals surface area contributed by atoms with E-state index in [9.17, 15) is 9.59 Å². The summed E-state index contributed by atoms with van der Waals surface area (Å²) in [6, 6.07) is 7.17. The monoisotopic (exact) mass is 288 g/mol. The van der Waals surface area contributed by atoms with Crippen LogP contribution in [-0.2, 0) is 11.3 Å². The van der Waals surface area contributed by atoms with Crippen molar-refractivity contribution in [3.05, 3.63) is 46.2 Å². The van der Waals surface area contributed by atoms with E-state index in [2.05, 4.69) is 5.32 Å². The van der Waals surface area contributed by atoms with Gasteiger partial charge >= 0.3 is 0 Å². The number of hydrogen-bond acceptors (Lipinski definition) is 3. The molecule has 21 heavy (non-hydrogen) atoms. The summed E-state index contributed by atoms with van der Waals surface area (Å²) in [4.78, 5) is 24.8. The molecule has 0 saturated carbocycles. The molecule has 0 bridgehead atoms. The van der Waals surface area contributed by atoms with Crippen molar-refractivity contribution < 1.29 is 9.53 Å². The number of carbonyl (C=O) groups is 1. The van der Waals surface area contributed by atoms with Crippen molar-refractivity contribution in [2.75, 3.05) is 13.7 Å². The molecule has 1 N–H and O–H groups in total. The third-order valence-electron chi connectivity index (χ3n) is 3.37. The van der Waals surface area contributed by atoms with Crippen LogP contribution in [0, 0.1) is 0 Å². The molecule has 2 aromatic rings. The van der Waals surface area contributed by atoms with Crippen LogP contribution in [0.15, 0.2) is 35.3 Å². The lowest BCUT2D eigenvalue weighted by molar-refractivity contribution is 0.0904. The summed E-state index contributed by atoms with van der Waals surface area (Å²) in [5, 5.41) is 3.34. The van der Waals surface area contributed by atoms with Gasteiger partial charge in [-0.05, 0) is 26.0 Å². The molecule has 0 aliphatic carbocycles. The van der Waals surface area contributed by atoms with Gasteiger partial charge in [-0.1, -0.05) is 12.1 Å². The van der Waals surface area contributed by atoms with E-state index in [4.69, 9.17) is 4.74 Å². The minimum absolute atomic E-state index is 0.150. The average molecular weight is 288 g/mol. The number of ether oxygens (including phenoxy) is 1. The number of rotatable bonds is 5. The molecule has 0 aliphatic heterocycles. The number of amides is 1. The van der Waals surface area contributed by atoms with Crippen LogP contribution in [0.25, 0.3) is 10.9 Å². The molecule has 1 amide bonds. The fourth-order valence-electron chi connectivity index (χ4n) is 2.36. The lowest BCUT2D eigenvalue weighted by atomic mass is 10.1. The van der Waals surface area contributed by atoms with Gasteiger partial charge in [0.1, 0.15) is 5.56 Å². The highest BCUT2D eigenvalue weighted by molar-refractivity contribution is 5.97. The number of hydrogen-bond donors (Lipinski definition) is 1. The standard InChI is InChI=1S/C16H20N2O3/c1-4-18-9-13(16(20)17-11(2)10-21-3)15(19)12-7-5-6-8-14(12)18/h5-9,11H,4,10H2,1-3H3,(H,17,20). The second-order valence-electron chi connectivity index (χ2n) is 5.00. The SMILES string of the molecule is CCn1cc(C(=O)NC(C)COC)c(=O)c2ccccc21. The molecule has 0 aliphatic rings. The van der Waals surface area contributed by atoms with Gasteiger partial charge in [0.25, 0.3) is 5.91 Å². The van der Waals surface area contributed by atoms with E-state index in [1.165, 1.54) is 0 Å². The van der Waals surface area contributed by atoms with Crippen molar-refractivity contribution >= 4 is 16.8 Å². The Bertz CT molecular complexity index is 706. The quantitative estimate of drug-likeness (QED) is 0.912. The van der Waals surface area contributed by atoms with E-state index in [-0.39, 0.29) is 22.9 Å². The Hall–Kier alpha value is -2.14. The van der Waals surface area contributed by atoms with Gasteiger partial charge in [-0.3, -0.25) is 9.59 Å². The Kier molecular flexibility index (Phi) is 4.75. The van der Waals surface area contributed by atoms with Gasteiger partial charge in [0.2, 0.25) is 5.43 Å². The van der Waals surface area contributed by atoms with Crippen molar-refractivity contribution in [2.24, 2.45) is 0 Å². The third kappa shape index (κ3) is 3.13. The van der Waals surface area contributed by atoms with E-state index in [0.717, 1.165) is 5.52 Å². The summed E-state index contributed by atoms with van der Waals surface area (Å²) in [7, 11) is 1.57. The molecule has 0 fully saturated rings. The van der Waals surface area contributed by atoms with Crippen molar-refractivity contribution in [2.45, 2.75) is 26.4 Å². The molecule has 0 radical (unpaired) electrons. The zero-order valence-corrected chi connectivity index (χ0v) is 12.6. The molecule has 2 rings (SSSR count). The number of fused-ring (bicyclic) bond motifs is 1. The number of carbonyl (C=O) groups excluding carboxylic acids is 1. The molecule has 1 aromatic heterocycles. The van der Waals surface area contributed by atoms with Crippen LogP contribution in [0.2, 0.25) is 0 Å². The maximum Gasteiger partial charge on any atom is 0.257 e. The smallest absolute Gasteiger partial charge is 0.257 e. The molecule has 1 heterocycles. The molecule has 5 heteroatoms. The molecule has 112 valence electrons. The Morgan fingerprint density at radius 1 is 1.38 bits per heavy atom. The lowest BCUT2D eigenvalue weighted by Gasteiger charge is -2.14. The summed E-state index contributed by atoms with van der Waals surface area (Å²) in [5.41, 5.74) is 0.766. The van der Waals surface area contributed by atoms with Crippen LogP contribution in [0.5, 0.6) is 0 Å². The highest BCUT2D eigenvalue weighted by Gasteiger charge is 2.16. The first-order valence-corrected chi connectivity index (χ1v) is 7.00. The van der Waals surface area contributed by atoms with Crippen LogP contribution in [0.4, 0.5) is 0 Å². The largest absolute Gasteiger partial charge is 0.383 e. The van der Waals surface area contributed by atoms with Crippen LogP contribution in [0.1, 0.15) is 24.2 Å². The highest BCUT2D eigenvalue weighted by atomic mass is 16.5. The van der Waals surface area contributed by atoms with E-state index < -0.39 is 0 Å². The van der Waals surface area contributed by atoms with Crippen LogP contribution in [0.3, 0.4) is 0 Å². The van der Waals surface area contributed by atoms with Gasteiger partial charge in [0, 0.05) is 31.3 Å². The second kappa shape index (κ2) is 6.54. The summed E-state index contributed by atoms with van der Waals surface area (Å²) < 4.78 is 6.90. The maximum absolute atomic E-state index is 12.5. The molecule has 1 aromatic carbocycles. The topological polar surface area (TPSA) is 60.3 Å². The van der Waals surface area contributed by atoms with Gasteiger partial charge in [-0.25, -0.2) is 0 Å². The van der Waals surface area contributed by atoms with Crippen LogP contribution in [-0.4, -0.2) is 30.2 Å². The summed E-state index contributed by atoms with van der Waals surface area (Å²) >= 11 is 0. The van der Waals surface area contributed by atoms with Gasteiger partial charge in [0.05, 0.1) is 12.1 Å². The Balaban J connectivity index is 2.47. The molecule has 1 unspecified atom stereocenters. The minimum Gasteiger partial charge on any atom is -0.383 e. The Morgan fingerprint density at radius 3 is 2.76 bits per heavy atom. The fraction of sp³-hybridized carbons (Fsp3) is 0.375. The van der Waals surface area contributed by atoms with Gasteiger partial charge in [-0.15, -0.1) is 0 Å². The number of aryl methyl sites for hydroxylation is 1. The number of nitrogens with one attached hydrogen (secondary N) is 1. The summed E-state index contributed by atoms with van der Waals surface area (Å²) in [5.74, 6) is -0.363. The van der Waals surface area contributed by atoms with E-state index in [0.29, 0.717) is 18.5 Å². The van der Waals surface area contributed by atoms with Gasteiger partial charge in [-0.2, -0.15) is 0 Å². The number of aromatic nitrogens is 1. The first-order valence-electron chi connectivity index (χ1n) is 7.00. The number of nitrogens with zero attached hydrogens (tertiary/aromatic N) is 1. The fourth-order valence-corrected chi connectivity index (χ4v) is 2.36. The first kappa shape index (κ1) is 15.3. The van der Waals surface area contributed by atoms with Gasteiger partial charge in [0.15, 0.2) is 0 Å². The summed E-state index contributed by atoms with van der Waals surface area (Å²) in [6.45, 7) is 4.91. The molecule has 1 atom stereocenters. The predicted molar refractivity (Wildman–Crippen MR) is 82.7 cm³/mol. The Labute approximate surface area is 123 Å². The third-order valence-corrected chi connectivity index (χ3v) is 3.37. The molecule has 0 spiro atoms. The van der Waals surface area contributed by atoms with Crippen LogP contribution < -0.4 is 10.7 Å². The summed E-state index contributed by atoms with van der Waals surface area (Å²) in [6.07, 6.45) is 1.62. The first-order chi connectivity index (χ1) is 10.1. The van der Waals surface area contributed by atoms with Gasteiger partial charge < -0.3 is 14.6 Å². The molecule has 5 nitrogen and oxygen atoms in total. The molecule has 0 saturated heterocycles. The maximum atomic E-state index is 12.5. The zero-order valence-electron chi connectivity index (χ0n) is 12.6. The van der Waals surface area contributed by atoms with Crippen molar-refractivity contribution in [3.63, 3.8) is 0 Å². The predicted octanol–water partition coefficient (Wildman–Crippen LogP) is 1.79. The lowest BCUT2D eigenvalue weighted by Crippen LogP contribution is -2.38. The van der Waals surface area contributed by atoms with Crippen LogP contribution >= 0.6 is 0 Å². The minimum atomic E-state index is -0.363. The van der Waals surface area contributed by atoms with E-state index in [1.54, 1.807) is 25.4 Å². The van der Waals surface area contributed by atoms with Crippen molar-refractivity contribution in [1.82, 2.24) is 9.88 Å². The normalized spacial score (nSPS) is 12.3. The highest BCUT2D eigenvalue weighted by Crippen LogP contribution is 2.11. The van der Waals surface area contributed by atoms with Crippen molar-refractivity contribution in [3.8, 4) is 0 Å². The molecular formula is C16H20N2O3. The number of pyridine rings is 1.